The molecule has 1 aromatic heterocycles. The number of rotatable bonds is 3. The van der Waals surface area contributed by atoms with E-state index in [1.807, 2.05) is 6.07 Å². The Hall–Kier alpha value is -1.63. The van der Waals surface area contributed by atoms with Crippen molar-refractivity contribution in [2.75, 3.05) is 6.54 Å². The third kappa shape index (κ3) is 2.88. The van der Waals surface area contributed by atoms with Crippen LogP contribution in [0.1, 0.15) is 12.5 Å². The van der Waals surface area contributed by atoms with Gasteiger partial charge in [0.1, 0.15) is 11.7 Å². The maximum absolute atomic E-state index is 10.9. The molecule has 8 heteroatoms. The van der Waals surface area contributed by atoms with Crippen LogP contribution in [0.2, 0.25) is 10.0 Å². The summed E-state index contributed by atoms with van der Waals surface area (Å²) in [7, 11) is 0. The maximum atomic E-state index is 10.9. The Labute approximate surface area is 130 Å². The number of nitrogens with one attached hydrogen (secondary N) is 1. The number of hydrogen-bond acceptors (Lipinski definition) is 4. The van der Waals surface area contributed by atoms with Gasteiger partial charge in [-0.3, -0.25) is 4.79 Å². The van der Waals surface area contributed by atoms with Crippen molar-refractivity contribution < 1.29 is 9.90 Å². The number of carboxylic acid groups (broad SMARTS) is 1. The van der Waals surface area contributed by atoms with Crippen LogP contribution in [0.3, 0.4) is 0 Å². The predicted molar refractivity (Wildman–Crippen MR) is 78.6 cm³/mol. The average molecular weight is 327 g/mol. The van der Waals surface area contributed by atoms with Crippen molar-refractivity contribution in [3.05, 3.63) is 34.4 Å². The first-order valence-corrected chi connectivity index (χ1v) is 7.13. The summed E-state index contributed by atoms with van der Waals surface area (Å²) >= 11 is 11.9. The molecule has 6 nitrogen and oxygen atoms in total. The second kappa shape index (κ2) is 5.63. The molecule has 0 aliphatic carbocycles. The lowest BCUT2D eigenvalue weighted by Gasteiger charge is -2.07. The van der Waals surface area contributed by atoms with Gasteiger partial charge in [0.2, 0.25) is 0 Å². The van der Waals surface area contributed by atoms with E-state index in [0.29, 0.717) is 28.7 Å². The zero-order valence-corrected chi connectivity index (χ0v) is 12.3. The number of halogens is 2. The number of nitrogens with zero attached hydrogens (tertiary/aromatic N) is 3. The van der Waals surface area contributed by atoms with Gasteiger partial charge in [0, 0.05) is 12.1 Å². The Morgan fingerprint density at radius 1 is 1.38 bits per heavy atom. The van der Waals surface area contributed by atoms with E-state index in [-0.39, 0.29) is 6.04 Å². The Bertz CT molecular complexity index is 689. The number of hydrogen-bond donors (Lipinski definition) is 2. The van der Waals surface area contributed by atoms with E-state index in [4.69, 9.17) is 28.3 Å². The summed E-state index contributed by atoms with van der Waals surface area (Å²) in [6, 6.07) is 4.69. The molecule has 0 unspecified atom stereocenters. The van der Waals surface area contributed by atoms with Crippen LogP contribution >= 0.6 is 23.2 Å². The van der Waals surface area contributed by atoms with Crippen molar-refractivity contribution in [3.63, 3.8) is 0 Å². The highest BCUT2D eigenvalue weighted by molar-refractivity contribution is 6.42. The normalized spacial score (nSPS) is 21.6. The fraction of sp³-hybridized carbons (Fsp3) is 0.308. The summed E-state index contributed by atoms with van der Waals surface area (Å²) in [5.41, 5.74) is 1.49. The number of aliphatic carboxylic acids is 1. The molecule has 1 fully saturated rings. The lowest BCUT2D eigenvalue weighted by Crippen LogP contribution is -2.29. The Morgan fingerprint density at radius 3 is 2.86 bits per heavy atom. The first kappa shape index (κ1) is 14.3. The van der Waals surface area contributed by atoms with Crippen LogP contribution in [0.5, 0.6) is 0 Å². The second-order valence-electron chi connectivity index (χ2n) is 4.90. The Balaban J connectivity index is 1.80. The van der Waals surface area contributed by atoms with Crippen molar-refractivity contribution in [2.24, 2.45) is 0 Å². The van der Waals surface area contributed by atoms with Gasteiger partial charge in [-0.05, 0) is 18.6 Å². The van der Waals surface area contributed by atoms with Crippen LogP contribution in [0.4, 0.5) is 0 Å². The molecule has 0 saturated carbocycles. The lowest BCUT2D eigenvalue weighted by atomic mass is 10.1. The van der Waals surface area contributed by atoms with Gasteiger partial charge in [0.05, 0.1) is 22.3 Å². The quantitative estimate of drug-likeness (QED) is 0.904. The number of benzene rings is 1. The summed E-state index contributed by atoms with van der Waals surface area (Å²) in [6.07, 6.45) is 2.27. The highest BCUT2D eigenvalue weighted by atomic mass is 35.5. The molecule has 3 rings (SSSR count). The molecule has 2 N–H and O–H groups in total. The van der Waals surface area contributed by atoms with Crippen molar-refractivity contribution >= 4 is 29.2 Å². The molecule has 21 heavy (non-hydrogen) atoms. The zero-order chi connectivity index (χ0) is 15.0. The molecule has 2 heterocycles. The van der Waals surface area contributed by atoms with Gasteiger partial charge in [0.25, 0.3) is 0 Å². The molecule has 0 amide bonds. The third-order valence-electron chi connectivity index (χ3n) is 3.51. The van der Waals surface area contributed by atoms with Crippen LogP contribution in [0.25, 0.3) is 11.3 Å². The summed E-state index contributed by atoms with van der Waals surface area (Å²) in [5.74, 6) is -0.845. The number of carbonyl (C=O) groups is 1. The summed E-state index contributed by atoms with van der Waals surface area (Å²) < 4.78 is 1.69. The van der Waals surface area contributed by atoms with Crippen molar-refractivity contribution in [2.45, 2.75) is 18.5 Å². The minimum absolute atomic E-state index is 0.0184. The maximum Gasteiger partial charge on any atom is 0.320 e. The third-order valence-corrected chi connectivity index (χ3v) is 4.24. The smallest absolute Gasteiger partial charge is 0.320 e. The fourth-order valence-electron chi connectivity index (χ4n) is 2.35. The molecule has 2 atom stereocenters. The van der Waals surface area contributed by atoms with E-state index < -0.39 is 12.0 Å². The van der Waals surface area contributed by atoms with Crippen molar-refractivity contribution in [1.29, 1.82) is 0 Å². The monoisotopic (exact) mass is 326 g/mol. The number of aromatic nitrogens is 3. The lowest BCUT2D eigenvalue weighted by molar-refractivity contribution is -0.139. The van der Waals surface area contributed by atoms with Gasteiger partial charge < -0.3 is 10.4 Å². The van der Waals surface area contributed by atoms with E-state index in [2.05, 4.69) is 15.6 Å². The summed E-state index contributed by atoms with van der Waals surface area (Å²) in [4.78, 5) is 10.9. The minimum atomic E-state index is -0.845. The molecule has 1 aliphatic heterocycles. The topological polar surface area (TPSA) is 80.0 Å². The molecule has 110 valence electrons. The van der Waals surface area contributed by atoms with Crippen LogP contribution < -0.4 is 5.32 Å². The van der Waals surface area contributed by atoms with E-state index >= 15 is 0 Å². The minimum Gasteiger partial charge on any atom is -0.480 e. The van der Waals surface area contributed by atoms with Crippen LogP contribution in [-0.4, -0.2) is 38.7 Å². The van der Waals surface area contributed by atoms with Gasteiger partial charge in [-0.15, -0.1) is 5.10 Å². The first-order valence-electron chi connectivity index (χ1n) is 6.38. The summed E-state index contributed by atoms with van der Waals surface area (Å²) in [6.45, 7) is 0.557. The van der Waals surface area contributed by atoms with E-state index in [1.165, 1.54) is 0 Å². The van der Waals surface area contributed by atoms with Gasteiger partial charge in [0.15, 0.2) is 0 Å². The van der Waals surface area contributed by atoms with E-state index in [0.717, 1.165) is 5.56 Å². The first-order chi connectivity index (χ1) is 10.0. The largest absolute Gasteiger partial charge is 0.480 e. The van der Waals surface area contributed by atoms with Crippen molar-refractivity contribution in [3.8, 4) is 11.3 Å². The van der Waals surface area contributed by atoms with E-state index in [9.17, 15) is 4.79 Å². The molecule has 0 spiro atoms. The van der Waals surface area contributed by atoms with Crippen LogP contribution in [0.15, 0.2) is 24.4 Å². The Morgan fingerprint density at radius 2 is 2.19 bits per heavy atom. The average Bonchev–Trinajstić information content (AvgIpc) is 3.09. The molecule has 1 aliphatic rings. The predicted octanol–water partition coefficient (Wildman–Crippen LogP) is 2.24. The molecule has 2 aromatic rings. The van der Waals surface area contributed by atoms with Gasteiger partial charge in [-0.2, -0.15) is 0 Å². The summed E-state index contributed by atoms with van der Waals surface area (Å²) in [5, 5.41) is 21.1. The molecular weight excluding hydrogens is 315 g/mol. The van der Waals surface area contributed by atoms with Gasteiger partial charge in [-0.25, -0.2) is 4.68 Å². The van der Waals surface area contributed by atoms with Gasteiger partial charge >= 0.3 is 5.97 Å². The molecular formula is C13H12Cl2N4O2. The van der Waals surface area contributed by atoms with Crippen LogP contribution in [-0.2, 0) is 4.79 Å². The second-order valence-corrected chi connectivity index (χ2v) is 5.72. The van der Waals surface area contributed by atoms with Crippen molar-refractivity contribution in [1.82, 2.24) is 20.3 Å². The fourth-order valence-corrected chi connectivity index (χ4v) is 2.65. The van der Waals surface area contributed by atoms with E-state index in [1.54, 1.807) is 23.0 Å². The molecule has 1 aromatic carbocycles. The number of carboxylic acids is 1. The standard InChI is InChI=1S/C13H12Cl2N4O2/c14-9-2-1-7(3-10(9)15)12-6-19(18-17-12)8-4-11(13(20)21)16-5-8/h1-3,6,8,11,16H,4-5H2,(H,20,21)/t8-,11-/m0/s1. The molecule has 0 bridgehead atoms. The van der Waals surface area contributed by atoms with Gasteiger partial charge in [-0.1, -0.05) is 34.5 Å². The SMILES string of the molecule is O=C(O)[C@@H]1C[C@H](n2cc(-c3ccc(Cl)c(Cl)c3)nn2)CN1. The highest BCUT2D eigenvalue weighted by Crippen LogP contribution is 2.28. The van der Waals surface area contributed by atoms with Crippen LogP contribution in [0, 0.1) is 0 Å². The molecule has 0 radical (unpaired) electrons. The molecule has 1 saturated heterocycles. The highest BCUT2D eigenvalue weighted by Gasteiger charge is 2.30. The Kier molecular flexibility index (Phi) is 3.84. The zero-order valence-electron chi connectivity index (χ0n) is 10.8.